The molecule has 1 aromatic rings. The minimum atomic E-state index is -0.719. The lowest BCUT2D eigenvalue weighted by molar-refractivity contribution is -0.144. The van der Waals surface area contributed by atoms with E-state index >= 15 is 0 Å². The Balaban J connectivity index is 2.16. The molecule has 1 atom stereocenters. The zero-order chi connectivity index (χ0) is 10.0. The molecular formula is C10H13NO2S. The summed E-state index contributed by atoms with van der Waals surface area (Å²) in [6, 6.07) is 3.96. The van der Waals surface area contributed by atoms with Gasteiger partial charge in [0.15, 0.2) is 0 Å². The first-order valence-electron chi connectivity index (χ1n) is 4.74. The third-order valence-corrected chi connectivity index (χ3v) is 3.59. The average molecular weight is 211 g/mol. The Morgan fingerprint density at radius 2 is 2.57 bits per heavy atom. The summed E-state index contributed by atoms with van der Waals surface area (Å²) in [7, 11) is 0. The van der Waals surface area contributed by atoms with Crippen LogP contribution in [0.5, 0.6) is 0 Å². The maximum atomic E-state index is 11.2. The van der Waals surface area contributed by atoms with E-state index in [0.29, 0.717) is 6.42 Å². The molecule has 0 amide bonds. The standard InChI is InChI=1S/C10H13NO2S/c12-9(13)10(4-2-5-11-10)7-8-3-1-6-14-8/h1,3,6,11H,2,4-5,7H2,(H,12,13)/t10-/m1/s1. The molecule has 14 heavy (non-hydrogen) atoms. The van der Waals surface area contributed by atoms with Gasteiger partial charge in [-0.1, -0.05) is 6.07 Å². The topological polar surface area (TPSA) is 49.3 Å². The second-order valence-corrected chi connectivity index (χ2v) is 4.71. The van der Waals surface area contributed by atoms with Crippen LogP contribution in [0.2, 0.25) is 0 Å². The van der Waals surface area contributed by atoms with Crippen LogP contribution < -0.4 is 5.32 Å². The Kier molecular flexibility index (Phi) is 2.56. The average Bonchev–Trinajstić information content (AvgIpc) is 2.76. The molecule has 2 N–H and O–H groups in total. The summed E-state index contributed by atoms with van der Waals surface area (Å²) >= 11 is 1.62. The summed E-state index contributed by atoms with van der Waals surface area (Å²) < 4.78 is 0. The van der Waals surface area contributed by atoms with E-state index in [0.717, 1.165) is 24.3 Å². The summed E-state index contributed by atoms with van der Waals surface area (Å²) in [5.41, 5.74) is -0.704. The van der Waals surface area contributed by atoms with Gasteiger partial charge in [0, 0.05) is 11.3 Å². The summed E-state index contributed by atoms with van der Waals surface area (Å²) in [5, 5.41) is 14.3. The molecule has 0 saturated carbocycles. The number of thiophene rings is 1. The van der Waals surface area contributed by atoms with Crippen molar-refractivity contribution in [3.05, 3.63) is 22.4 Å². The van der Waals surface area contributed by atoms with Gasteiger partial charge in [0.05, 0.1) is 0 Å². The molecular weight excluding hydrogens is 198 g/mol. The molecule has 1 fully saturated rings. The Labute approximate surface area is 86.8 Å². The van der Waals surface area contributed by atoms with Gasteiger partial charge in [0.1, 0.15) is 5.54 Å². The fourth-order valence-electron chi connectivity index (χ4n) is 1.93. The Morgan fingerprint density at radius 3 is 3.07 bits per heavy atom. The molecule has 1 aliphatic rings. The third kappa shape index (κ3) is 1.67. The summed E-state index contributed by atoms with van der Waals surface area (Å²) in [6.07, 6.45) is 2.30. The van der Waals surface area contributed by atoms with Crippen molar-refractivity contribution in [3.63, 3.8) is 0 Å². The van der Waals surface area contributed by atoms with Crippen LogP contribution in [0, 0.1) is 0 Å². The molecule has 0 aromatic carbocycles. The molecule has 1 saturated heterocycles. The van der Waals surface area contributed by atoms with Crippen LogP contribution in [-0.2, 0) is 11.2 Å². The van der Waals surface area contributed by atoms with Crippen molar-refractivity contribution in [1.82, 2.24) is 5.32 Å². The lowest BCUT2D eigenvalue weighted by atomic mass is 9.93. The highest BCUT2D eigenvalue weighted by atomic mass is 32.1. The van der Waals surface area contributed by atoms with Crippen LogP contribution in [0.3, 0.4) is 0 Å². The van der Waals surface area contributed by atoms with Gasteiger partial charge in [-0.3, -0.25) is 4.79 Å². The third-order valence-electron chi connectivity index (χ3n) is 2.71. The van der Waals surface area contributed by atoms with Gasteiger partial charge >= 0.3 is 5.97 Å². The number of rotatable bonds is 3. The second-order valence-electron chi connectivity index (χ2n) is 3.67. The van der Waals surface area contributed by atoms with E-state index in [1.807, 2.05) is 17.5 Å². The second kappa shape index (κ2) is 3.71. The first-order chi connectivity index (χ1) is 6.73. The lowest BCUT2D eigenvalue weighted by Crippen LogP contribution is -2.49. The molecule has 3 nitrogen and oxygen atoms in total. The highest BCUT2D eigenvalue weighted by Gasteiger charge is 2.41. The summed E-state index contributed by atoms with van der Waals surface area (Å²) in [6.45, 7) is 0.817. The fraction of sp³-hybridized carbons (Fsp3) is 0.500. The van der Waals surface area contributed by atoms with E-state index in [2.05, 4.69) is 5.32 Å². The molecule has 0 unspecified atom stereocenters. The molecule has 0 spiro atoms. The van der Waals surface area contributed by atoms with E-state index in [-0.39, 0.29) is 0 Å². The van der Waals surface area contributed by atoms with Crippen LogP contribution in [0.15, 0.2) is 17.5 Å². The molecule has 2 heterocycles. The van der Waals surface area contributed by atoms with Crippen molar-refractivity contribution in [3.8, 4) is 0 Å². The number of hydrogen-bond acceptors (Lipinski definition) is 3. The van der Waals surface area contributed by atoms with Gasteiger partial charge in [-0.15, -0.1) is 11.3 Å². The number of carboxylic acids is 1. The quantitative estimate of drug-likeness (QED) is 0.796. The van der Waals surface area contributed by atoms with Crippen molar-refractivity contribution in [2.24, 2.45) is 0 Å². The van der Waals surface area contributed by atoms with E-state index in [1.165, 1.54) is 0 Å². The highest BCUT2D eigenvalue weighted by Crippen LogP contribution is 2.26. The molecule has 1 aliphatic heterocycles. The van der Waals surface area contributed by atoms with E-state index < -0.39 is 11.5 Å². The molecule has 1 aromatic heterocycles. The number of carboxylic acid groups (broad SMARTS) is 1. The zero-order valence-electron chi connectivity index (χ0n) is 7.82. The Hall–Kier alpha value is -0.870. The number of nitrogens with one attached hydrogen (secondary N) is 1. The normalized spacial score (nSPS) is 26.6. The van der Waals surface area contributed by atoms with Crippen molar-refractivity contribution >= 4 is 17.3 Å². The summed E-state index contributed by atoms with van der Waals surface area (Å²) in [5.74, 6) is -0.719. The lowest BCUT2D eigenvalue weighted by Gasteiger charge is -2.23. The number of hydrogen-bond donors (Lipinski definition) is 2. The smallest absolute Gasteiger partial charge is 0.324 e. The predicted octanol–water partition coefficient (Wildman–Crippen LogP) is 1.50. The van der Waals surface area contributed by atoms with Crippen molar-refractivity contribution in [1.29, 1.82) is 0 Å². The monoisotopic (exact) mass is 211 g/mol. The van der Waals surface area contributed by atoms with Crippen LogP contribution in [0.1, 0.15) is 17.7 Å². The van der Waals surface area contributed by atoms with Crippen molar-refractivity contribution < 1.29 is 9.90 Å². The van der Waals surface area contributed by atoms with E-state index in [1.54, 1.807) is 11.3 Å². The SMILES string of the molecule is O=C(O)[C@]1(Cc2cccs2)CCCN1. The van der Waals surface area contributed by atoms with Gasteiger partial charge in [-0.2, -0.15) is 0 Å². The maximum absolute atomic E-state index is 11.2. The van der Waals surface area contributed by atoms with E-state index in [9.17, 15) is 9.90 Å². The van der Waals surface area contributed by atoms with Crippen LogP contribution in [0.4, 0.5) is 0 Å². The minimum absolute atomic E-state index is 0.611. The molecule has 2 rings (SSSR count). The minimum Gasteiger partial charge on any atom is -0.480 e. The van der Waals surface area contributed by atoms with Crippen LogP contribution in [-0.4, -0.2) is 23.2 Å². The van der Waals surface area contributed by atoms with Gasteiger partial charge in [-0.25, -0.2) is 0 Å². The molecule has 76 valence electrons. The van der Waals surface area contributed by atoms with E-state index in [4.69, 9.17) is 0 Å². The van der Waals surface area contributed by atoms with Gasteiger partial charge in [0.2, 0.25) is 0 Å². The molecule has 0 aliphatic carbocycles. The summed E-state index contributed by atoms with van der Waals surface area (Å²) in [4.78, 5) is 12.3. The predicted molar refractivity (Wildman–Crippen MR) is 55.6 cm³/mol. The van der Waals surface area contributed by atoms with Gasteiger partial charge < -0.3 is 10.4 Å². The first-order valence-corrected chi connectivity index (χ1v) is 5.62. The maximum Gasteiger partial charge on any atom is 0.324 e. The van der Waals surface area contributed by atoms with Gasteiger partial charge in [-0.05, 0) is 30.8 Å². The van der Waals surface area contributed by atoms with Crippen molar-refractivity contribution in [2.75, 3.05) is 6.54 Å². The number of aliphatic carboxylic acids is 1. The molecule has 0 bridgehead atoms. The molecule has 4 heteroatoms. The molecule has 0 radical (unpaired) electrons. The Morgan fingerprint density at radius 1 is 1.71 bits per heavy atom. The highest BCUT2D eigenvalue weighted by molar-refractivity contribution is 7.09. The first kappa shape index (κ1) is 9.68. The van der Waals surface area contributed by atoms with Crippen LogP contribution in [0.25, 0.3) is 0 Å². The van der Waals surface area contributed by atoms with Crippen LogP contribution >= 0.6 is 11.3 Å². The largest absolute Gasteiger partial charge is 0.480 e. The van der Waals surface area contributed by atoms with Crippen molar-refractivity contribution in [2.45, 2.75) is 24.8 Å². The Bertz CT molecular complexity index is 315. The zero-order valence-corrected chi connectivity index (χ0v) is 8.64. The van der Waals surface area contributed by atoms with Gasteiger partial charge in [0.25, 0.3) is 0 Å². The number of carbonyl (C=O) groups is 1. The fourth-order valence-corrected chi connectivity index (χ4v) is 2.74.